The van der Waals surface area contributed by atoms with Crippen LogP contribution in [0.3, 0.4) is 0 Å². The predicted molar refractivity (Wildman–Crippen MR) is 87.2 cm³/mol. The van der Waals surface area contributed by atoms with Gasteiger partial charge in [0.15, 0.2) is 0 Å². The number of aromatic carboxylic acids is 1. The van der Waals surface area contributed by atoms with Crippen LogP contribution in [0.2, 0.25) is 0 Å². The molecular weight excluding hydrogens is 276 g/mol. The first kappa shape index (κ1) is 12.6. The van der Waals surface area contributed by atoms with E-state index < -0.39 is 5.97 Å². The maximum absolute atomic E-state index is 10.9. The van der Waals surface area contributed by atoms with Crippen LogP contribution in [0, 0.1) is 0 Å². The largest absolute Gasteiger partial charge is 0.478 e. The molecule has 0 fully saturated rings. The Kier molecular flexibility index (Phi) is 2.69. The third kappa shape index (κ3) is 1.93. The van der Waals surface area contributed by atoms with Crippen LogP contribution >= 0.6 is 0 Å². The molecule has 0 spiro atoms. The molecule has 4 nitrogen and oxygen atoms in total. The maximum atomic E-state index is 10.9. The highest BCUT2D eigenvalue weighted by Crippen LogP contribution is 2.35. The minimum Gasteiger partial charge on any atom is -0.478 e. The van der Waals surface area contributed by atoms with Crippen molar-refractivity contribution in [1.29, 1.82) is 0 Å². The van der Waals surface area contributed by atoms with E-state index in [9.17, 15) is 4.79 Å². The minimum atomic E-state index is -0.929. The van der Waals surface area contributed by atoms with Gasteiger partial charge in [-0.3, -0.25) is 0 Å². The molecule has 0 amide bonds. The molecule has 0 atom stereocenters. The van der Waals surface area contributed by atoms with Gasteiger partial charge in [0.2, 0.25) is 0 Å². The van der Waals surface area contributed by atoms with Crippen molar-refractivity contribution in [2.24, 2.45) is 4.99 Å². The molecule has 106 valence electrons. The zero-order valence-corrected chi connectivity index (χ0v) is 11.6. The number of anilines is 1. The molecule has 0 bridgehead atoms. The quantitative estimate of drug-likeness (QED) is 0.748. The van der Waals surface area contributed by atoms with Crippen LogP contribution in [-0.4, -0.2) is 16.9 Å². The molecule has 1 aliphatic heterocycles. The SMILES string of the molecule is O=C(O)c1ccc(NC2=Nc3cccc4cccc2c34)cc1. The summed E-state index contributed by atoms with van der Waals surface area (Å²) in [7, 11) is 0. The Hall–Kier alpha value is -3.14. The Labute approximate surface area is 126 Å². The van der Waals surface area contributed by atoms with Crippen LogP contribution < -0.4 is 5.32 Å². The first-order valence-electron chi connectivity index (χ1n) is 6.93. The van der Waals surface area contributed by atoms with E-state index in [4.69, 9.17) is 5.11 Å². The van der Waals surface area contributed by atoms with Crippen LogP contribution in [0.4, 0.5) is 11.4 Å². The summed E-state index contributed by atoms with van der Waals surface area (Å²) in [5, 5.41) is 14.5. The Bertz CT molecular complexity index is 922. The van der Waals surface area contributed by atoms with E-state index in [1.807, 2.05) is 24.3 Å². The van der Waals surface area contributed by atoms with Crippen molar-refractivity contribution in [3.05, 3.63) is 71.8 Å². The van der Waals surface area contributed by atoms with Crippen molar-refractivity contribution in [1.82, 2.24) is 0 Å². The predicted octanol–water partition coefficient (Wildman–Crippen LogP) is 4.04. The topological polar surface area (TPSA) is 61.7 Å². The van der Waals surface area contributed by atoms with Crippen LogP contribution in [0.25, 0.3) is 10.8 Å². The normalized spacial score (nSPS) is 12.3. The van der Waals surface area contributed by atoms with E-state index in [2.05, 4.69) is 22.4 Å². The number of carboxylic acids is 1. The average Bonchev–Trinajstić information content (AvgIpc) is 2.88. The zero-order chi connectivity index (χ0) is 15.1. The number of rotatable bonds is 2. The summed E-state index contributed by atoms with van der Waals surface area (Å²) in [6.45, 7) is 0. The van der Waals surface area contributed by atoms with Crippen molar-refractivity contribution < 1.29 is 9.90 Å². The van der Waals surface area contributed by atoms with Gasteiger partial charge in [-0.25, -0.2) is 9.79 Å². The van der Waals surface area contributed by atoms with Crippen molar-refractivity contribution in [3.63, 3.8) is 0 Å². The summed E-state index contributed by atoms with van der Waals surface area (Å²) in [5.74, 6) is -0.142. The van der Waals surface area contributed by atoms with Gasteiger partial charge in [0, 0.05) is 16.6 Å². The molecule has 2 N–H and O–H groups in total. The average molecular weight is 288 g/mol. The summed E-state index contributed by atoms with van der Waals surface area (Å²) >= 11 is 0. The summed E-state index contributed by atoms with van der Waals surface area (Å²) in [6.07, 6.45) is 0. The minimum absolute atomic E-state index is 0.268. The molecule has 4 heteroatoms. The fraction of sp³-hybridized carbons (Fsp3) is 0. The highest BCUT2D eigenvalue weighted by Gasteiger charge is 2.17. The molecule has 1 aliphatic rings. The molecular formula is C18H12N2O2. The van der Waals surface area contributed by atoms with E-state index in [-0.39, 0.29) is 5.56 Å². The number of hydrogen-bond donors (Lipinski definition) is 2. The molecule has 22 heavy (non-hydrogen) atoms. The Balaban J connectivity index is 1.71. The van der Waals surface area contributed by atoms with Gasteiger partial charge in [-0.2, -0.15) is 0 Å². The van der Waals surface area contributed by atoms with Crippen molar-refractivity contribution in [2.75, 3.05) is 5.32 Å². The van der Waals surface area contributed by atoms with E-state index in [1.165, 1.54) is 0 Å². The molecule has 3 aromatic carbocycles. The number of hydrogen-bond acceptors (Lipinski definition) is 3. The first-order chi connectivity index (χ1) is 10.7. The van der Waals surface area contributed by atoms with Gasteiger partial charge in [0.25, 0.3) is 0 Å². The Morgan fingerprint density at radius 2 is 1.68 bits per heavy atom. The lowest BCUT2D eigenvalue weighted by Gasteiger charge is -2.07. The lowest BCUT2D eigenvalue weighted by Crippen LogP contribution is -2.11. The lowest BCUT2D eigenvalue weighted by atomic mass is 10.0. The van der Waals surface area contributed by atoms with Gasteiger partial charge < -0.3 is 10.4 Å². The van der Waals surface area contributed by atoms with Gasteiger partial charge >= 0.3 is 5.97 Å². The number of carboxylic acid groups (broad SMARTS) is 1. The molecule has 0 aliphatic carbocycles. The van der Waals surface area contributed by atoms with Gasteiger partial charge in [-0.15, -0.1) is 0 Å². The Morgan fingerprint density at radius 1 is 0.955 bits per heavy atom. The van der Waals surface area contributed by atoms with Gasteiger partial charge in [0.05, 0.1) is 11.3 Å². The molecule has 0 saturated carbocycles. The van der Waals surface area contributed by atoms with E-state index in [0.717, 1.165) is 33.5 Å². The molecule has 0 radical (unpaired) electrons. The summed E-state index contributed by atoms with van der Waals surface area (Å²) in [5.41, 5.74) is 3.10. The number of benzene rings is 3. The monoisotopic (exact) mass is 288 g/mol. The number of amidine groups is 1. The molecule has 3 aromatic rings. The summed E-state index contributed by atoms with van der Waals surface area (Å²) in [6, 6.07) is 18.8. The third-order valence-electron chi connectivity index (χ3n) is 3.76. The second-order valence-electron chi connectivity index (χ2n) is 5.15. The van der Waals surface area contributed by atoms with Gasteiger partial charge in [-0.1, -0.05) is 30.3 Å². The molecule has 1 heterocycles. The van der Waals surface area contributed by atoms with Crippen LogP contribution in [0.5, 0.6) is 0 Å². The van der Waals surface area contributed by atoms with E-state index >= 15 is 0 Å². The van der Waals surface area contributed by atoms with Crippen molar-refractivity contribution in [2.45, 2.75) is 0 Å². The standard InChI is InChI=1S/C18H12N2O2/c21-18(22)12-7-9-13(10-8-12)19-17-14-5-1-3-11-4-2-6-15(20-17)16(11)14/h1-10H,(H,19,20)(H,21,22). The maximum Gasteiger partial charge on any atom is 0.335 e. The van der Waals surface area contributed by atoms with Crippen molar-refractivity contribution >= 4 is 34.0 Å². The van der Waals surface area contributed by atoms with E-state index in [0.29, 0.717) is 0 Å². The molecule has 0 unspecified atom stereocenters. The molecule has 4 rings (SSSR count). The third-order valence-corrected chi connectivity index (χ3v) is 3.76. The number of aliphatic imine (C=N–C) groups is 1. The Morgan fingerprint density at radius 3 is 2.41 bits per heavy atom. The van der Waals surface area contributed by atoms with Crippen molar-refractivity contribution in [3.8, 4) is 0 Å². The van der Waals surface area contributed by atoms with Gasteiger partial charge in [-0.05, 0) is 35.7 Å². The highest BCUT2D eigenvalue weighted by atomic mass is 16.4. The summed E-state index contributed by atoms with van der Waals surface area (Å²) in [4.78, 5) is 15.5. The van der Waals surface area contributed by atoms with E-state index in [1.54, 1.807) is 24.3 Å². The highest BCUT2D eigenvalue weighted by molar-refractivity contribution is 6.23. The first-order valence-corrected chi connectivity index (χ1v) is 6.93. The number of carbonyl (C=O) groups is 1. The zero-order valence-electron chi connectivity index (χ0n) is 11.6. The molecule has 0 saturated heterocycles. The number of nitrogens with one attached hydrogen (secondary N) is 1. The second kappa shape index (κ2) is 4.70. The smallest absolute Gasteiger partial charge is 0.335 e. The van der Waals surface area contributed by atoms with Crippen LogP contribution in [-0.2, 0) is 0 Å². The lowest BCUT2D eigenvalue weighted by molar-refractivity contribution is 0.0697. The fourth-order valence-corrected chi connectivity index (χ4v) is 2.72. The summed E-state index contributed by atoms with van der Waals surface area (Å²) < 4.78 is 0. The van der Waals surface area contributed by atoms with Crippen LogP contribution in [0.15, 0.2) is 65.7 Å². The van der Waals surface area contributed by atoms with Gasteiger partial charge in [0.1, 0.15) is 5.84 Å². The fourth-order valence-electron chi connectivity index (χ4n) is 2.72. The second-order valence-corrected chi connectivity index (χ2v) is 5.15. The van der Waals surface area contributed by atoms with Crippen LogP contribution in [0.1, 0.15) is 15.9 Å². The number of nitrogens with zero attached hydrogens (tertiary/aromatic N) is 1. The molecule has 0 aromatic heterocycles.